The molecule has 0 unspecified atom stereocenters. The van der Waals surface area contributed by atoms with Crippen LogP contribution in [0.1, 0.15) is 93.4 Å². The van der Waals surface area contributed by atoms with Gasteiger partial charge in [0.25, 0.3) is 5.91 Å². The molecular formula is C22H32N4O. The molecule has 146 valence electrons. The maximum Gasteiger partial charge on any atom is 0.254 e. The number of hydrogen-bond acceptors (Lipinski definition) is 3. The molecule has 2 aromatic heterocycles. The molecule has 4 rings (SSSR count). The van der Waals surface area contributed by atoms with Crippen molar-refractivity contribution in [2.24, 2.45) is 0 Å². The van der Waals surface area contributed by atoms with Gasteiger partial charge in [-0.15, -0.1) is 0 Å². The van der Waals surface area contributed by atoms with E-state index >= 15 is 0 Å². The van der Waals surface area contributed by atoms with E-state index in [0.717, 1.165) is 40.8 Å². The number of nitrogens with zero attached hydrogens (tertiary/aromatic N) is 4. The summed E-state index contributed by atoms with van der Waals surface area (Å²) in [6.07, 6.45) is 8.32. The smallest absolute Gasteiger partial charge is 0.254 e. The largest absolute Gasteiger partial charge is 0.339 e. The first-order chi connectivity index (χ1) is 12.8. The number of hydrogen-bond donors (Lipinski definition) is 0. The second kappa shape index (κ2) is 6.61. The fourth-order valence-corrected chi connectivity index (χ4v) is 4.36. The van der Waals surface area contributed by atoms with E-state index in [4.69, 9.17) is 10.1 Å². The van der Waals surface area contributed by atoms with Gasteiger partial charge in [0.15, 0.2) is 5.65 Å². The second-order valence-corrected chi connectivity index (χ2v) is 9.44. The first kappa shape index (κ1) is 18.5. The molecule has 0 bridgehead atoms. The summed E-state index contributed by atoms with van der Waals surface area (Å²) in [6, 6.07) is 2.42. The van der Waals surface area contributed by atoms with Crippen molar-refractivity contribution in [2.45, 2.75) is 90.1 Å². The number of aromatic nitrogens is 3. The van der Waals surface area contributed by atoms with Gasteiger partial charge in [0, 0.05) is 24.7 Å². The van der Waals surface area contributed by atoms with Crippen LogP contribution in [0.15, 0.2) is 6.07 Å². The number of carbonyl (C=O) groups excluding carboxylic acids is 1. The lowest BCUT2D eigenvalue weighted by molar-refractivity contribution is 0.0698. The van der Waals surface area contributed by atoms with E-state index in [1.165, 1.54) is 32.1 Å². The Kier molecular flexibility index (Phi) is 4.52. The highest BCUT2D eigenvalue weighted by Crippen LogP contribution is 2.41. The third kappa shape index (κ3) is 3.37. The van der Waals surface area contributed by atoms with Gasteiger partial charge in [-0.3, -0.25) is 4.79 Å². The number of carbonyl (C=O) groups is 1. The first-order valence-electron chi connectivity index (χ1n) is 10.5. The standard InChI is InChI=1S/C22H32N4O/c1-14-19-17(21(27)25(5)16-9-7-6-8-10-16)13-18(15-11-12-15)23-20(19)26(24-14)22(2,3)4/h13,15-16H,6-12H2,1-5H3. The average molecular weight is 369 g/mol. The highest BCUT2D eigenvalue weighted by atomic mass is 16.2. The topological polar surface area (TPSA) is 51.0 Å². The van der Waals surface area contributed by atoms with Crippen molar-refractivity contribution < 1.29 is 4.79 Å². The van der Waals surface area contributed by atoms with E-state index in [9.17, 15) is 4.79 Å². The summed E-state index contributed by atoms with van der Waals surface area (Å²) in [4.78, 5) is 20.5. The summed E-state index contributed by atoms with van der Waals surface area (Å²) in [7, 11) is 1.98. The van der Waals surface area contributed by atoms with E-state index in [-0.39, 0.29) is 11.4 Å². The summed E-state index contributed by atoms with van der Waals surface area (Å²) in [5.74, 6) is 0.636. The van der Waals surface area contributed by atoms with Gasteiger partial charge in [0.2, 0.25) is 0 Å². The normalized spacial score (nSPS) is 18.9. The van der Waals surface area contributed by atoms with Crippen LogP contribution in [0.4, 0.5) is 0 Å². The predicted octanol–water partition coefficient (Wildman–Crippen LogP) is 4.78. The van der Waals surface area contributed by atoms with Crippen molar-refractivity contribution in [3.63, 3.8) is 0 Å². The van der Waals surface area contributed by atoms with Gasteiger partial charge in [0.1, 0.15) is 0 Å². The van der Waals surface area contributed by atoms with Gasteiger partial charge >= 0.3 is 0 Å². The molecule has 2 saturated carbocycles. The fourth-order valence-electron chi connectivity index (χ4n) is 4.36. The molecule has 0 spiro atoms. The number of fused-ring (bicyclic) bond motifs is 1. The number of aryl methyl sites for hydroxylation is 1. The zero-order valence-corrected chi connectivity index (χ0v) is 17.4. The average Bonchev–Trinajstić information content (AvgIpc) is 3.43. The zero-order chi connectivity index (χ0) is 19.3. The van der Waals surface area contributed by atoms with Gasteiger partial charge in [-0.05, 0) is 59.4 Å². The van der Waals surface area contributed by atoms with Crippen LogP contribution in [-0.2, 0) is 5.54 Å². The molecule has 0 radical (unpaired) electrons. The Hall–Kier alpha value is -1.91. The molecule has 0 aliphatic heterocycles. The molecule has 2 aliphatic rings. The van der Waals surface area contributed by atoms with Crippen LogP contribution >= 0.6 is 0 Å². The third-order valence-electron chi connectivity index (χ3n) is 6.14. The molecule has 1 amide bonds. The van der Waals surface area contributed by atoms with E-state index in [1.54, 1.807) is 0 Å². The molecule has 0 saturated heterocycles. The van der Waals surface area contributed by atoms with Crippen LogP contribution < -0.4 is 0 Å². The summed E-state index contributed by atoms with van der Waals surface area (Å²) in [5, 5.41) is 5.71. The summed E-state index contributed by atoms with van der Waals surface area (Å²) in [6.45, 7) is 8.42. The maximum absolute atomic E-state index is 13.5. The third-order valence-corrected chi connectivity index (χ3v) is 6.14. The number of rotatable bonds is 3. The lowest BCUT2D eigenvalue weighted by Gasteiger charge is -2.31. The Balaban J connectivity index is 1.83. The van der Waals surface area contributed by atoms with Crippen LogP contribution in [0.25, 0.3) is 11.0 Å². The molecule has 5 heteroatoms. The van der Waals surface area contributed by atoms with Crippen molar-refractivity contribution in [2.75, 3.05) is 7.05 Å². The monoisotopic (exact) mass is 368 g/mol. The molecule has 0 atom stereocenters. The Morgan fingerprint density at radius 3 is 2.41 bits per heavy atom. The van der Waals surface area contributed by atoms with Crippen LogP contribution in [0.3, 0.4) is 0 Å². The van der Waals surface area contributed by atoms with Crippen LogP contribution in [0.2, 0.25) is 0 Å². The quantitative estimate of drug-likeness (QED) is 0.783. The Morgan fingerprint density at radius 2 is 1.81 bits per heavy atom. The zero-order valence-electron chi connectivity index (χ0n) is 17.4. The Bertz CT molecular complexity index is 867. The number of pyridine rings is 1. The molecule has 0 N–H and O–H groups in total. The lowest BCUT2D eigenvalue weighted by atomic mass is 9.94. The van der Waals surface area contributed by atoms with Gasteiger partial charge in [-0.2, -0.15) is 5.10 Å². The van der Waals surface area contributed by atoms with E-state index in [2.05, 4.69) is 26.8 Å². The van der Waals surface area contributed by atoms with E-state index < -0.39 is 0 Å². The van der Waals surface area contributed by atoms with Crippen LogP contribution in [0, 0.1) is 6.92 Å². The minimum absolute atomic E-state index is 0.132. The lowest BCUT2D eigenvalue weighted by Crippen LogP contribution is -2.38. The van der Waals surface area contributed by atoms with E-state index in [0.29, 0.717) is 12.0 Å². The molecule has 2 aliphatic carbocycles. The highest BCUT2D eigenvalue weighted by Gasteiger charge is 2.32. The minimum Gasteiger partial charge on any atom is -0.339 e. The van der Waals surface area contributed by atoms with Gasteiger partial charge in [0.05, 0.1) is 22.2 Å². The molecule has 2 heterocycles. The molecule has 27 heavy (non-hydrogen) atoms. The Morgan fingerprint density at radius 1 is 1.15 bits per heavy atom. The van der Waals surface area contributed by atoms with Gasteiger partial charge < -0.3 is 4.90 Å². The van der Waals surface area contributed by atoms with Gasteiger partial charge in [-0.1, -0.05) is 19.3 Å². The molecule has 0 aromatic carbocycles. The predicted molar refractivity (Wildman–Crippen MR) is 108 cm³/mol. The van der Waals surface area contributed by atoms with Crippen molar-refractivity contribution in [3.8, 4) is 0 Å². The fraction of sp³-hybridized carbons (Fsp3) is 0.682. The van der Waals surface area contributed by atoms with Gasteiger partial charge in [-0.25, -0.2) is 9.67 Å². The van der Waals surface area contributed by atoms with Crippen LogP contribution in [0.5, 0.6) is 0 Å². The highest BCUT2D eigenvalue weighted by molar-refractivity contribution is 6.06. The molecule has 5 nitrogen and oxygen atoms in total. The summed E-state index contributed by atoms with van der Waals surface area (Å²) < 4.78 is 2.00. The Labute approximate surface area is 162 Å². The van der Waals surface area contributed by atoms with Crippen molar-refractivity contribution in [1.82, 2.24) is 19.7 Å². The van der Waals surface area contributed by atoms with E-state index in [1.807, 2.05) is 23.6 Å². The molecule has 2 fully saturated rings. The van der Waals surface area contributed by atoms with Crippen molar-refractivity contribution in [3.05, 3.63) is 23.0 Å². The number of amides is 1. The second-order valence-electron chi connectivity index (χ2n) is 9.44. The van der Waals surface area contributed by atoms with Crippen molar-refractivity contribution >= 4 is 16.9 Å². The van der Waals surface area contributed by atoms with Crippen molar-refractivity contribution in [1.29, 1.82) is 0 Å². The maximum atomic E-state index is 13.5. The summed E-state index contributed by atoms with van der Waals surface area (Å²) in [5.41, 5.74) is 3.45. The minimum atomic E-state index is -0.169. The SMILES string of the molecule is Cc1nn(C(C)(C)C)c2nc(C3CC3)cc(C(=O)N(C)C3CCCCC3)c12. The summed E-state index contributed by atoms with van der Waals surface area (Å²) >= 11 is 0. The molecule has 2 aromatic rings. The molecular weight excluding hydrogens is 336 g/mol. The first-order valence-corrected chi connectivity index (χ1v) is 10.5. The van der Waals surface area contributed by atoms with Crippen LogP contribution in [-0.4, -0.2) is 38.7 Å².